The van der Waals surface area contributed by atoms with Crippen LogP contribution in [-0.4, -0.2) is 34.8 Å². The van der Waals surface area contributed by atoms with E-state index < -0.39 is 0 Å². The van der Waals surface area contributed by atoms with E-state index in [0.717, 1.165) is 22.8 Å². The van der Waals surface area contributed by atoms with Crippen molar-refractivity contribution in [2.75, 3.05) is 14.1 Å². The van der Waals surface area contributed by atoms with Crippen LogP contribution < -0.4 is 0 Å². The minimum atomic E-state index is 0. The van der Waals surface area contributed by atoms with E-state index in [4.69, 9.17) is 0 Å². The van der Waals surface area contributed by atoms with Gasteiger partial charge in [-0.05, 0) is 35.7 Å². The van der Waals surface area contributed by atoms with E-state index in [9.17, 15) is 9.59 Å². The van der Waals surface area contributed by atoms with Crippen molar-refractivity contribution in [3.8, 4) is 0 Å². The Kier molecular flexibility index (Phi) is 14.1. The molecule has 2 rings (SSSR count). The van der Waals surface area contributed by atoms with E-state index >= 15 is 0 Å². The van der Waals surface area contributed by atoms with Crippen molar-refractivity contribution >= 4 is 11.6 Å². The largest absolute Gasteiger partial charge is 0.660 e. The molecular weight excluding hydrogens is 672 g/mol. The number of hydrogen-bond acceptors (Lipinski definition) is 2. The van der Waals surface area contributed by atoms with Crippen LogP contribution in [-0.2, 0) is 69.3 Å². The number of rotatable bonds is 6. The maximum Gasteiger partial charge on any atom is 0.176 e. The monoisotopic (exact) mass is 698 g/mol. The molecule has 2 aromatic heterocycles. The van der Waals surface area contributed by atoms with Crippen molar-refractivity contribution in [3.05, 3.63) is 57.7 Å². The van der Waals surface area contributed by atoms with Gasteiger partial charge in [0.25, 0.3) is 0 Å². The molecule has 0 radical (unpaired) electrons. The second-order valence-corrected chi connectivity index (χ2v) is 5.60. The summed E-state index contributed by atoms with van der Waals surface area (Å²) in [6, 6.07) is 7.54. The molecule has 0 fully saturated rings. The molecule has 0 unspecified atom stereocenters. The summed E-state index contributed by atoms with van der Waals surface area (Å²) in [4.78, 5) is 22.1. The van der Waals surface area contributed by atoms with Crippen molar-refractivity contribution in [2.45, 2.75) is 26.9 Å². The number of Topliss-reactive ketones (excluding diaryl/α,β-unsaturated/α-hetero) is 2. The van der Waals surface area contributed by atoms with Crippen molar-refractivity contribution in [2.24, 2.45) is 14.1 Å². The molecule has 2 heterocycles. The van der Waals surface area contributed by atoms with Crippen LogP contribution in [0.1, 0.15) is 46.2 Å². The summed E-state index contributed by atoms with van der Waals surface area (Å²) in [6.07, 6.45) is 0. The first kappa shape index (κ1) is 27.4. The molecule has 6 nitrogen and oxygen atoms in total. The Balaban J connectivity index is 0. The van der Waals surface area contributed by atoms with Crippen LogP contribution in [0.25, 0.3) is 10.6 Å². The Labute approximate surface area is 184 Å². The summed E-state index contributed by atoms with van der Waals surface area (Å²) in [5.74, 6) is 0.194. The number of aromatic nitrogens is 2. The van der Waals surface area contributed by atoms with E-state index in [1.165, 1.54) is 0 Å². The summed E-state index contributed by atoms with van der Waals surface area (Å²) in [7, 11) is 7.30. The fraction of sp³-hybridized carbons (Fsp3) is 0.444. The molecule has 0 aliphatic heterocycles. The molecule has 0 saturated carbocycles. The quantitative estimate of drug-likeness (QED) is 0.434. The minimum absolute atomic E-state index is 0. The minimum Gasteiger partial charge on any atom is -0.660 e. The van der Waals surface area contributed by atoms with Gasteiger partial charge in [-0.15, -0.1) is 13.1 Å². The molecule has 0 bridgehead atoms. The third-order valence-electron chi connectivity index (χ3n) is 3.81. The van der Waals surface area contributed by atoms with Crippen molar-refractivity contribution in [1.29, 1.82) is 0 Å². The van der Waals surface area contributed by atoms with Gasteiger partial charge in [-0.3, -0.25) is 9.59 Å². The summed E-state index contributed by atoms with van der Waals surface area (Å²) >= 11 is 0. The van der Waals surface area contributed by atoms with Crippen molar-refractivity contribution in [3.63, 3.8) is 0 Å². The van der Waals surface area contributed by atoms with Crippen LogP contribution in [0.15, 0.2) is 24.3 Å². The molecule has 0 spiro atoms. The number of ketones is 2. The summed E-state index contributed by atoms with van der Waals surface area (Å²) in [5.41, 5.74) is 3.63. The number of hydrogen-bond donors (Lipinski definition) is 0. The summed E-state index contributed by atoms with van der Waals surface area (Å²) in [5, 5.41) is 8.01. The predicted octanol–water partition coefficient (Wildman–Crippen LogP) is 3.46. The average Bonchev–Trinajstić information content (AvgIpc) is 3.05. The van der Waals surface area contributed by atoms with Crippen LogP contribution in [0, 0.1) is 0 Å². The maximum atomic E-state index is 11.0. The van der Waals surface area contributed by atoms with Crippen LogP contribution in [0.3, 0.4) is 0 Å². The number of carbonyl (C=O) groups excluding carboxylic acids is 2. The Morgan fingerprint density at radius 3 is 1.27 bits per heavy atom. The van der Waals surface area contributed by atoms with Crippen LogP contribution in [0.4, 0.5) is 0 Å². The zero-order valence-electron chi connectivity index (χ0n) is 16.1. The SMILES string of the molecule is C[N-]Cc1ccc(C(C)=O)n1C.C[N-]Cc1ccc(C(C)=O)n1C.[W].[W]. The zero-order valence-corrected chi connectivity index (χ0v) is 22.0. The number of nitrogens with zero attached hydrogens (tertiary/aromatic N) is 4. The Morgan fingerprint density at radius 2 is 1.08 bits per heavy atom. The van der Waals surface area contributed by atoms with Gasteiger partial charge < -0.3 is 19.8 Å². The second kappa shape index (κ2) is 13.4. The van der Waals surface area contributed by atoms with E-state index in [2.05, 4.69) is 10.6 Å². The maximum absolute atomic E-state index is 11.0. The van der Waals surface area contributed by atoms with Gasteiger partial charge >= 0.3 is 0 Å². The molecule has 8 heteroatoms. The third-order valence-corrected chi connectivity index (χ3v) is 3.81. The average molecular weight is 698 g/mol. The van der Waals surface area contributed by atoms with Crippen LogP contribution in [0.5, 0.6) is 0 Å². The third kappa shape index (κ3) is 7.44. The van der Waals surface area contributed by atoms with Gasteiger partial charge in [0, 0.05) is 70.1 Å². The van der Waals surface area contributed by atoms with Gasteiger partial charge in [0.05, 0.1) is 11.4 Å². The normalized spacial score (nSPS) is 9.46. The molecular formula is C18H26N4O2W2-2. The van der Waals surface area contributed by atoms with Gasteiger partial charge in [-0.25, -0.2) is 0 Å². The van der Waals surface area contributed by atoms with Gasteiger partial charge in [-0.2, -0.15) is 14.1 Å². The van der Waals surface area contributed by atoms with Gasteiger partial charge in [0.1, 0.15) is 0 Å². The van der Waals surface area contributed by atoms with Gasteiger partial charge in [0.15, 0.2) is 11.6 Å². The van der Waals surface area contributed by atoms with E-state index in [1.807, 2.05) is 47.5 Å². The molecule has 0 aliphatic carbocycles. The topological polar surface area (TPSA) is 72.2 Å². The molecule has 0 aromatic carbocycles. The zero-order chi connectivity index (χ0) is 18.3. The Bertz CT molecular complexity index is 648. The number of carbonyl (C=O) groups is 2. The fourth-order valence-corrected chi connectivity index (χ4v) is 2.46. The van der Waals surface area contributed by atoms with Gasteiger partial charge in [-0.1, -0.05) is 0 Å². The second-order valence-electron chi connectivity index (χ2n) is 5.60. The molecule has 26 heavy (non-hydrogen) atoms. The van der Waals surface area contributed by atoms with Crippen molar-refractivity contribution in [1.82, 2.24) is 9.13 Å². The predicted molar refractivity (Wildman–Crippen MR) is 96.8 cm³/mol. The molecule has 0 amide bonds. The Hall–Kier alpha value is -0.803. The molecule has 0 atom stereocenters. The first-order valence-corrected chi connectivity index (χ1v) is 7.75. The fourth-order valence-electron chi connectivity index (χ4n) is 2.46. The van der Waals surface area contributed by atoms with Crippen LogP contribution in [0.2, 0.25) is 0 Å². The molecule has 2 aromatic rings. The van der Waals surface area contributed by atoms with E-state index in [0.29, 0.717) is 13.1 Å². The summed E-state index contributed by atoms with van der Waals surface area (Å²) in [6.45, 7) is 4.48. The summed E-state index contributed by atoms with van der Waals surface area (Å²) < 4.78 is 3.77. The molecule has 0 saturated heterocycles. The van der Waals surface area contributed by atoms with Crippen molar-refractivity contribution < 1.29 is 51.7 Å². The first-order valence-electron chi connectivity index (χ1n) is 7.75. The van der Waals surface area contributed by atoms with Gasteiger partial charge in [0.2, 0.25) is 0 Å². The smallest absolute Gasteiger partial charge is 0.176 e. The molecule has 0 aliphatic rings. The van der Waals surface area contributed by atoms with E-state index in [1.54, 1.807) is 27.9 Å². The van der Waals surface area contributed by atoms with E-state index in [-0.39, 0.29) is 53.7 Å². The molecule has 144 valence electrons. The van der Waals surface area contributed by atoms with Crippen LogP contribution >= 0.6 is 0 Å². The Morgan fingerprint density at radius 1 is 0.769 bits per heavy atom. The first-order chi connectivity index (χ1) is 11.3. The molecule has 0 N–H and O–H groups in total. The standard InChI is InChI=1S/2C9H13N2O.2W/c2*1-7(12)9-5-4-8(6-10-2)11(9)3;;/h2*4-5H,6H2,1-3H3;;/q2*-1;;.